The highest BCUT2D eigenvalue weighted by Crippen LogP contribution is 2.54. The monoisotopic (exact) mass is 272 g/mol. The van der Waals surface area contributed by atoms with Gasteiger partial charge in [-0.3, -0.25) is 4.79 Å². The Morgan fingerprint density at radius 1 is 1.30 bits per heavy atom. The Morgan fingerprint density at radius 2 is 2.05 bits per heavy atom. The van der Waals surface area contributed by atoms with Crippen LogP contribution in [0.1, 0.15) is 31.2 Å². The van der Waals surface area contributed by atoms with Gasteiger partial charge in [0, 0.05) is 18.2 Å². The molecule has 2 N–H and O–H groups in total. The summed E-state index contributed by atoms with van der Waals surface area (Å²) in [5.74, 6) is 2.25. The molecule has 108 valence electrons. The zero-order valence-electron chi connectivity index (χ0n) is 12.2. The number of nitrogens with two attached hydrogens (primary N) is 1. The van der Waals surface area contributed by atoms with Crippen LogP contribution in [0.4, 0.5) is 5.69 Å². The van der Waals surface area contributed by atoms with Crippen molar-refractivity contribution >= 4 is 11.6 Å². The first kappa shape index (κ1) is 13.6. The van der Waals surface area contributed by atoms with Crippen molar-refractivity contribution < 1.29 is 4.79 Å². The molecule has 0 radical (unpaired) electrons. The van der Waals surface area contributed by atoms with Gasteiger partial charge < -0.3 is 10.6 Å². The summed E-state index contributed by atoms with van der Waals surface area (Å²) < 4.78 is 0. The molecule has 20 heavy (non-hydrogen) atoms. The van der Waals surface area contributed by atoms with Gasteiger partial charge in [-0.15, -0.1) is 0 Å². The second-order valence-corrected chi connectivity index (χ2v) is 6.40. The van der Waals surface area contributed by atoms with Crippen LogP contribution < -0.4 is 10.6 Å². The van der Waals surface area contributed by atoms with Crippen LogP contribution in [0.3, 0.4) is 0 Å². The zero-order chi connectivity index (χ0) is 14.1. The van der Waals surface area contributed by atoms with E-state index in [1.807, 2.05) is 17.0 Å². The van der Waals surface area contributed by atoms with Crippen molar-refractivity contribution in [2.75, 3.05) is 18.0 Å². The van der Waals surface area contributed by atoms with Crippen LogP contribution in [0.25, 0.3) is 0 Å². The summed E-state index contributed by atoms with van der Waals surface area (Å²) in [7, 11) is 0. The Balaban J connectivity index is 1.76. The van der Waals surface area contributed by atoms with Crippen LogP contribution in [0.15, 0.2) is 24.3 Å². The maximum atomic E-state index is 12.8. The first-order chi connectivity index (χ1) is 9.69. The smallest absolute Gasteiger partial charge is 0.230 e. The predicted octanol–water partition coefficient (Wildman–Crippen LogP) is 2.72. The summed E-state index contributed by atoms with van der Waals surface area (Å²) in [4.78, 5) is 14.8. The van der Waals surface area contributed by atoms with E-state index in [1.54, 1.807) is 0 Å². The van der Waals surface area contributed by atoms with Gasteiger partial charge in [-0.1, -0.05) is 12.1 Å². The number of anilines is 1. The molecule has 2 atom stereocenters. The molecule has 1 amide bonds. The molecule has 2 aliphatic carbocycles. The maximum Gasteiger partial charge on any atom is 0.230 e. The fourth-order valence-corrected chi connectivity index (χ4v) is 3.55. The molecule has 1 aromatic rings. The molecule has 0 aliphatic heterocycles. The number of hydrogen-bond donors (Lipinski definition) is 1. The van der Waals surface area contributed by atoms with Crippen LogP contribution in [0.2, 0.25) is 0 Å². The summed E-state index contributed by atoms with van der Waals surface area (Å²) >= 11 is 0. The maximum absolute atomic E-state index is 12.8. The van der Waals surface area contributed by atoms with Gasteiger partial charge in [0.2, 0.25) is 5.91 Å². The minimum Gasteiger partial charge on any atom is -0.330 e. The van der Waals surface area contributed by atoms with Crippen LogP contribution in [-0.4, -0.2) is 19.0 Å². The molecule has 1 aromatic carbocycles. The summed E-state index contributed by atoms with van der Waals surface area (Å²) in [6.45, 7) is 3.44. The first-order valence-electron chi connectivity index (χ1n) is 7.77. The number of fused-ring (bicyclic) bond motifs is 1. The first-order valence-corrected chi connectivity index (χ1v) is 7.77. The highest BCUT2D eigenvalue weighted by Gasteiger charge is 2.48. The van der Waals surface area contributed by atoms with Crippen LogP contribution >= 0.6 is 0 Å². The molecular formula is C17H24N2O. The van der Waals surface area contributed by atoms with Gasteiger partial charge in [-0.05, 0) is 68.7 Å². The highest BCUT2D eigenvalue weighted by molar-refractivity contribution is 5.95. The Bertz CT molecular complexity index is 490. The Morgan fingerprint density at radius 3 is 2.70 bits per heavy atom. The van der Waals surface area contributed by atoms with Gasteiger partial charge in [0.05, 0.1) is 0 Å². The fourth-order valence-electron chi connectivity index (χ4n) is 3.55. The average molecular weight is 272 g/mol. The molecule has 3 heteroatoms. The topological polar surface area (TPSA) is 46.3 Å². The van der Waals surface area contributed by atoms with E-state index < -0.39 is 0 Å². The fraction of sp³-hybridized carbons (Fsp3) is 0.588. The SMILES string of the molecule is Cc1cccc(N(CCCN)C(=O)C2CC3CC3C2)c1. The van der Waals surface area contributed by atoms with Crippen molar-refractivity contribution in [1.29, 1.82) is 0 Å². The second-order valence-electron chi connectivity index (χ2n) is 6.40. The Kier molecular flexibility index (Phi) is 3.79. The van der Waals surface area contributed by atoms with Gasteiger partial charge in [0.25, 0.3) is 0 Å². The number of carbonyl (C=O) groups excluding carboxylic acids is 1. The van der Waals surface area contributed by atoms with Gasteiger partial charge >= 0.3 is 0 Å². The lowest BCUT2D eigenvalue weighted by molar-refractivity contribution is -0.122. The normalized spacial score (nSPS) is 27.2. The molecule has 0 saturated heterocycles. The van der Waals surface area contributed by atoms with E-state index in [4.69, 9.17) is 5.73 Å². The lowest BCUT2D eigenvalue weighted by Gasteiger charge is -2.26. The molecule has 2 aliphatic rings. The minimum atomic E-state index is 0.247. The number of nitrogens with zero attached hydrogens (tertiary/aromatic N) is 1. The molecule has 0 bridgehead atoms. The van der Waals surface area contributed by atoms with E-state index in [0.29, 0.717) is 12.5 Å². The molecule has 3 nitrogen and oxygen atoms in total. The second kappa shape index (κ2) is 5.57. The van der Waals surface area contributed by atoms with Crippen molar-refractivity contribution in [3.63, 3.8) is 0 Å². The lowest BCUT2D eigenvalue weighted by atomic mass is 10.0. The van der Waals surface area contributed by atoms with Crippen LogP contribution in [0.5, 0.6) is 0 Å². The molecule has 0 aromatic heterocycles. The molecule has 0 spiro atoms. The van der Waals surface area contributed by atoms with E-state index in [2.05, 4.69) is 19.1 Å². The van der Waals surface area contributed by atoms with Crippen molar-refractivity contribution in [2.24, 2.45) is 23.5 Å². The molecular weight excluding hydrogens is 248 g/mol. The quantitative estimate of drug-likeness (QED) is 0.896. The molecule has 2 fully saturated rings. The van der Waals surface area contributed by atoms with Crippen molar-refractivity contribution in [1.82, 2.24) is 0 Å². The minimum absolute atomic E-state index is 0.247. The van der Waals surface area contributed by atoms with Crippen LogP contribution in [-0.2, 0) is 4.79 Å². The third-order valence-electron chi connectivity index (χ3n) is 4.76. The summed E-state index contributed by atoms with van der Waals surface area (Å²) in [6, 6.07) is 8.24. The number of hydrogen-bond acceptors (Lipinski definition) is 2. The Labute approximate surface area is 121 Å². The lowest BCUT2D eigenvalue weighted by Crippen LogP contribution is -2.37. The van der Waals surface area contributed by atoms with E-state index in [0.717, 1.165) is 43.3 Å². The zero-order valence-corrected chi connectivity index (χ0v) is 12.2. The largest absolute Gasteiger partial charge is 0.330 e. The van der Waals surface area contributed by atoms with Gasteiger partial charge in [-0.2, -0.15) is 0 Å². The number of amides is 1. The third-order valence-corrected chi connectivity index (χ3v) is 4.76. The van der Waals surface area contributed by atoms with E-state index in [1.165, 1.54) is 12.0 Å². The predicted molar refractivity (Wildman–Crippen MR) is 81.5 cm³/mol. The Hall–Kier alpha value is -1.35. The molecule has 2 saturated carbocycles. The third kappa shape index (κ3) is 2.73. The number of rotatable bonds is 5. The standard InChI is InChI=1S/C17H24N2O/c1-12-4-2-5-16(8-12)19(7-3-6-18)17(20)15-10-13-9-14(13)11-15/h2,4-5,8,13-15H,3,6-7,9-11,18H2,1H3. The number of aryl methyl sites for hydroxylation is 1. The van der Waals surface area contributed by atoms with Crippen molar-refractivity contribution in [2.45, 2.75) is 32.6 Å². The van der Waals surface area contributed by atoms with Crippen molar-refractivity contribution in [3.05, 3.63) is 29.8 Å². The summed E-state index contributed by atoms with van der Waals surface area (Å²) in [5, 5.41) is 0. The van der Waals surface area contributed by atoms with Crippen LogP contribution in [0, 0.1) is 24.7 Å². The van der Waals surface area contributed by atoms with E-state index in [9.17, 15) is 4.79 Å². The van der Waals surface area contributed by atoms with Gasteiger partial charge in [-0.25, -0.2) is 0 Å². The highest BCUT2D eigenvalue weighted by atomic mass is 16.2. The van der Waals surface area contributed by atoms with Crippen molar-refractivity contribution in [3.8, 4) is 0 Å². The average Bonchev–Trinajstić information content (AvgIpc) is 3.05. The van der Waals surface area contributed by atoms with E-state index >= 15 is 0 Å². The molecule has 2 unspecified atom stereocenters. The van der Waals surface area contributed by atoms with Gasteiger partial charge in [0.1, 0.15) is 0 Å². The molecule has 3 rings (SSSR count). The number of carbonyl (C=O) groups is 1. The summed E-state index contributed by atoms with van der Waals surface area (Å²) in [5.41, 5.74) is 7.86. The number of benzene rings is 1. The summed E-state index contributed by atoms with van der Waals surface area (Å²) in [6.07, 6.45) is 4.43. The molecule has 0 heterocycles. The van der Waals surface area contributed by atoms with E-state index in [-0.39, 0.29) is 5.92 Å². The van der Waals surface area contributed by atoms with Gasteiger partial charge in [0.15, 0.2) is 0 Å².